The van der Waals surface area contributed by atoms with Crippen molar-refractivity contribution in [2.75, 3.05) is 36.8 Å². The molecule has 0 aliphatic rings. The fourth-order valence-electron chi connectivity index (χ4n) is 7.34. The van der Waals surface area contributed by atoms with Gasteiger partial charge in [-0.25, -0.2) is 0 Å². The summed E-state index contributed by atoms with van der Waals surface area (Å²) in [5, 5.41) is 12.9. The number of nitrogens with zero attached hydrogens (tertiary/aromatic N) is 2. The number of fused-ring (bicyclic) bond motifs is 2. The molecule has 2 N–H and O–H groups in total. The van der Waals surface area contributed by atoms with Gasteiger partial charge in [0.25, 0.3) is 0 Å². The molecular weight excluding hydrogens is 536 g/mol. The number of hydrogen-bond donors (Lipinski definition) is 2. The Morgan fingerprint density at radius 1 is 0.432 bits per heavy atom. The number of benzene rings is 4. The Balaban J connectivity index is 1.80. The third-order valence-corrected chi connectivity index (χ3v) is 8.65. The molecule has 4 rings (SSSR count). The van der Waals surface area contributed by atoms with Crippen molar-refractivity contribution in [3.05, 3.63) is 72.8 Å². The van der Waals surface area contributed by atoms with E-state index in [1.165, 1.54) is 44.0 Å². The Hall–Kier alpha value is -3.08. The zero-order chi connectivity index (χ0) is 32.5. The quantitative estimate of drug-likeness (QED) is 0.202. The first kappa shape index (κ1) is 33.8. The molecular formula is C40H58N4. The number of rotatable bonds is 9. The zero-order valence-corrected chi connectivity index (χ0v) is 29.7. The van der Waals surface area contributed by atoms with E-state index in [1.54, 1.807) is 0 Å². The van der Waals surface area contributed by atoms with Crippen molar-refractivity contribution in [1.82, 2.24) is 9.80 Å². The molecule has 238 valence electrons. The highest BCUT2D eigenvalue weighted by Crippen LogP contribution is 2.43. The SMILES string of the molecule is CC(C)(C)N(CCNc1ccc2ccccc2c1-c1c(NCCN(C(C)(C)C)C(C)(C)C)ccc2ccccc12)C(C)(C)C. The molecule has 0 aliphatic carbocycles. The van der Waals surface area contributed by atoms with Crippen LogP contribution in [0.4, 0.5) is 11.4 Å². The van der Waals surface area contributed by atoms with E-state index < -0.39 is 0 Å². The van der Waals surface area contributed by atoms with E-state index in [4.69, 9.17) is 0 Å². The lowest BCUT2D eigenvalue weighted by molar-refractivity contribution is 0.0427. The molecule has 0 heterocycles. The minimum absolute atomic E-state index is 0.0762. The van der Waals surface area contributed by atoms with Crippen LogP contribution in [0.25, 0.3) is 32.7 Å². The molecule has 4 aromatic rings. The van der Waals surface area contributed by atoms with Gasteiger partial charge in [-0.1, -0.05) is 60.7 Å². The van der Waals surface area contributed by atoms with E-state index >= 15 is 0 Å². The van der Waals surface area contributed by atoms with Gasteiger partial charge in [-0.15, -0.1) is 0 Å². The zero-order valence-electron chi connectivity index (χ0n) is 29.7. The minimum Gasteiger partial charge on any atom is -0.383 e. The highest BCUT2D eigenvalue weighted by atomic mass is 15.3. The van der Waals surface area contributed by atoms with E-state index in [0.29, 0.717) is 0 Å². The van der Waals surface area contributed by atoms with Crippen molar-refractivity contribution < 1.29 is 0 Å². The molecule has 0 aromatic heterocycles. The van der Waals surface area contributed by atoms with Gasteiger partial charge in [-0.3, -0.25) is 9.80 Å². The van der Waals surface area contributed by atoms with Gasteiger partial charge >= 0.3 is 0 Å². The van der Waals surface area contributed by atoms with Gasteiger partial charge < -0.3 is 10.6 Å². The topological polar surface area (TPSA) is 30.5 Å². The van der Waals surface area contributed by atoms with Crippen LogP contribution < -0.4 is 10.6 Å². The first-order valence-corrected chi connectivity index (χ1v) is 16.5. The Morgan fingerprint density at radius 3 is 1.07 bits per heavy atom. The molecule has 0 fully saturated rings. The molecule has 0 saturated heterocycles. The maximum absolute atomic E-state index is 3.91. The molecule has 4 aromatic carbocycles. The lowest BCUT2D eigenvalue weighted by atomic mass is 9.90. The standard InChI is InChI=1S/C40H58N4/c1-37(2,3)43(38(4,5)6)27-25-41-33-23-21-29-17-13-15-19-31(29)35(33)36-32-20-16-14-18-30(32)22-24-34(36)42-26-28-44(39(7,8)9)40(10,11)12/h13-24,41-42H,25-28H2,1-12H3. The summed E-state index contributed by atoms with van der Waals surface area (Å²) in [7, 11) is 0. The second kappa shape index (κ2) is 12.7. The first-order valence-electron chi connectivity index (χ1n) is 16.5. The monoisotopic (exact) mass is 594 g/mol. The average molecular weight is 595 g/mol. The van der Waals surface area contributed by atoms with E-state index in [1.807, 2.05) is 0 Å². The van der Waals surface area contributed by atoms with Crippen molar-refractivity contribution in [3.8, 4) is 11.1 Å². The van der Waals surface area contributed by atoms with Gasteiger partial charge in [-0.05, 0) is 117 Å². The van der Waals surface area contributed by atoms with Gasteiger partial charge in [0.15, 0.2) is 0 Å². The fraction of sp³-hybridized carbons (Fsp3) is 0.500. The van der Waals surface area contributed by atoms with Crippen LogP contribution in [0.5, 0.6) is 0 Å². The average Bonchev–Trinajstić information content (AvgIpc) is 2.90. The van der Waals surface area contributed by atoms with Crippen LogP contribution in [-0.2, 0) is 0 Å². The summed E-state index contributed by atoms with van der Waals surface area (Å²) >= 11 is 0. The molecule has 0 radical (unpaired) electrons. The summed E-state index contributed by atoms with van der Waals surface area (Å²) in [6.07, 6.45) is 0. The third kappa shape index (κ3) is 7.76. The fourth-order valence-corrected chi connectivity index (χ4v) is 7.34. The first-order chi connectivity index (χ1) is 20.4. The van der Waals surface area contributed by atoms with Crippen molar-refractivity contribution in [3.63, 3.8) is 0 Å². The second-order valence-electron chi connectivity index (χ2n) is 16.3. The number of nitrogens with one attached hydrogen (secondary N) is 2. The predicted molar refractivity (Wildman–Crippen MR) is 196 cm³/mol. The molecule has 4 nitrogen and oxygen atoms in total. The van der Waals surface area contributed by atoms with E-state index in [0.717, 1.165) is 26.2 Å². The van der Waals surface area contributed by atoms with Crippen LogP contribution in [-0.4, -0.2) is 58.1 Å². The molecule has 0 amide bonds. The van der Waals surface area contributed by atoms with E-state index in [9.17, 15) is 0 Å². The Kier molecular flexibility index (Phi) is 9.78. The molecule has 4 heteroatoms. The molecule has 44 heavy (non-hydrogen) atoms. The minimum atomic E-state index is 0.0762. The summed E-state index contributed by atoms with van der Waals surface area (Å²) < 4.78 is 0. The highest BCUT2D eigenvalue weighted by Gasteiger charge is 2.32. The van der Waals surface area contributed by atoms with Gasteiger partial charge in [0, 0.05) is 70.8 Å². The van der Waals surface area contributed by atoms with Gasteiger partial charge in [0.2, 0.25) is 0 Å². The smallest absolute Gasteiger partial charge is 0.0427 e. The van der Waals surface area contributed by atoms with Gasteiger partial charge in [0.05, 0.1) is 0 Å². The third-order valence-electron chi connectivity index (χ3n) is 8.65. The predicted octanol–water partition coefficient (Wildman–Crippen LogP) is 10.3. The van der Waals surface area contributed by atoms with Crippen molar-refractivity contribution in [2.45, 2.75) is 105 Å². The summed E-state index contributed by atoms with van der Waals surface area (Å²) in [6, 6.07) is 26.7. The lowest BCUT2D eigenvalue weighted by Crippen LogP contribution is -2.54. The second-order valence-corrected chi connectivity index (χ2v) is 16.3. The summed E-state index contributed by atoms with van der Waals surface area (Å²) in [4.78, 5) is 5.18. The molecule has 0 spiro atoms. The largest absolute Gasteiger partial charge is 0.383 e. The Morgan fingerprint density at radius 2 is 0.750 bits per heavy atom. The van der Waals surface area contributed by atoms with Crippen molar-refractivity contribution in [2.24, 2.45) is 0 Å². The van der Waals surface area contributed by atoms with Crippen LogP contribution in [0.3, 0.4) is 0 Å². The molecule has 0 bridgehead atoms. The van der Waals surface area contributed by atoms with Crippen LogP contribution in [0, 0.1) is 0 Å². The van der Waals surface area contributed by atoms with E-state index in [-0.39, 0.29) is 22.2 Å². The van der Waals surface area contributed by atoms with Crippen LogP contribution in [0.2, 0.25) is 0 Å². The van der Waals surface area contributed by atoms with E-state index in [2.05, 4.69) is 176 Å². The normalized spacial score (nSPS) is 13.3. The Bertz CT molecular complexity index is 1410. The number of hydrogen-bond acceptors (Lipinski definition) is 4. The van der Waals surface area contributed by atoms with Crippen molar-refractivity contribution >= 4 is 32.9 Å². The molecule has 0 aliphatic heterocycles. The molecule has 0 saturated carbocycles. The van der Waals surface area contributed by atoms with Crippen LogP contribution in [0.1, 0.15) is 83.1 Å². The van der Waals surface area contributed by atoms with Gasteiger partial charge in [-0.2, -0.15) is 0 Å². The maximum atomic E-state index is 3.91. The lowest BCUT2D eigenvalue weighted by Gasteiger charge is -2.45. The van der Waals surface area contributed by atoms with Gasteiger partial charge in [0.1, 0.15) is 0 Å². The molecule has 0 atom stereocenters. The van der Waals surface area contributed by atoms with Crippen molar-refractivity contribution in [1.29, 1.82) is 0 Å². The number of anilines is 2. The maximum Gasteiger partial charge on any atom is 0.0427 e. The molecule has 0 unspecified atom stereocenters. The summed E-state index contributed by atoms with van der Waals surface area (Å²) in [6.45, 7) is 31.4. The summed E-state index contributed by atoms with van der Waals surface area (Å²) in [5.74, 6) is 0. The van der Waals surface area contributed by atoms with Crippen LogP contribution in [0.15, 0.2) is 72.8 Å². The Labute approximate surface area is 268 Å². The van der Waals surface area contributed by atoms with Crippen LogP contribution >= 0.6 is 0 Å². The highest BCUT2D eigenvalue weighted by molar-refractivity contribution is 6.13. The summed E-state index contributed by atoms with van der Waals surface area (Å²) in [5.41, 5.74) is 5.20.